The van der Waals surface area contributed by atoms with Gasteiger partial charge in [0.15, 0.2) is 11.5 Å². The SMILES string of the molecule is CC1CCc2sc(C(=O)NC(C)c3ccc4c(c3)OCCO4)cc2C1. The molecule has 0 saturated carbocycles. The van der Waals surface area contributed by atoms with Crippen molar-refractivity contribution in [3.63, 3.8) is 0 Å². The van der Waals surface area contributed by atoms with Crippen molar-refractivity contribution in [3.8, 4) is 11.5 Å². The summed E-state index contributed by atoms with van der Waals surface area (Å²) in [5.41, 5.74) is 2.38. The topological polar surface area (TPSA) is 47.6 Å². The summed E-state index contributed by atoms with van der Waals surface area (Å²) in [6, 6.07) is 7.86. The zero-order valence-corrected chi connectivity index (χ0v) is 15.4. The lowest BCUT2D eigenvalue weighted by Gasteiger charge is -2.21. The van der Waals surface area contributed by atoms with Crippen LogP contribution in [0.1, 0.15) is 52.0 Å². The number of aryl methyl sites for hydroxylation is 1. The monoisotopic (exact) mass is 357 g/mol. The number of benzene rings is 1. The molecule has 1 aromatic carbocycles. The van der Waals surface area contributed by atoms with Crippen LogP contribution >= 0.6 is 11.3 Å². The van der Waals surface area contributed by atoms with E-state index in [1.54, 1.807) is 11.3 Å². The second-order valence-electron chi connectivity index (χ2n) is 7.01. The molecule has 2 unspecified atom stereocenters. The number of rotatable bonds is 3. The van der Waals surface area contributed by atoms with Crippen LogP contribution < -0.4 is 14.8 Å². The van der Waals surface area contributed by atoms with Crippen LogP contribution in [0.5, 0.6) is 11.5 Å². The molecule has 1 aliphatic carbocycles. The molecule has 4 nitrogen and oxygen atoms in total. The number of carbonyl (C=O) groups is 1. The highest BCUT2D eigenvalue weighted by atomic mass is 32.1. The molecule has 2 heterocycles. The van der Waals surface area contributed by atoms with Crippen LogP contribution in [0.2, 0.25) is 0 Å². The van der Waals surface area contributed by atoms with Gasteiger partial charge < -0.3 is 14.8 Å². The van der Waals surface area contributed by atoms with Crippen LogP contribution in [0.3, 0.4) is 0 Å². The lowest BCUT2D eigenvalue weighted by Crippen LogP contribution is -2.26. The molecule has 0 radical (unpaired) electrons. The van der Waals surface area contributed by atoms with Gasteiger partial charge in [0.25, 0.3) is 5.91 Å². The Morgan fingerprint density at radius 1 is 1.24 bits per heavy atom. The smallest absolute Gasteiger partial charge is 0.261 e. The van der Waals surface area contributed by atoms with Gasteiger partial charge in [0, 0.05) is 4.88 Å². The minimum Gasteiger partial charge on any atom is -0.486 e. The quantitative estimate of drug-likeness (QED) is 0.898. The summed E-state index contributed by atoms with van der Waals surface area (Å²) in [5.74, 6) is 2.25. The van der Waals surface area contributed by atoms with E-state index in [0.29, 0.717) is 13.2 Å². The molecular formula is C20H23NO3S. The summed E-state index contributed by atoms with van der Waals surface area (Å²) in [6.07, 6.45) is 3.42. The van der Waals surface area contributed by atoms with E-state index in [-0.39, 0.29) is 11.9 Å². The molecule has 1 aliphatic heterocycles. The Morgan fingerprint density at radius 2 is 2.04 bits per heavy atom. The fourth-order valence-corrected chi connectivity index (χ4v) is 4.61. The van der Waals surface area contributed by atoms with Crippen LogP contribution in [-0.2, 0) is 12.8 Å². The number of hydrogen-bond donors (Lipinski definition) is 1. The molecule has 0 saturated heterocycles. The Kier molecular flexibility index (Phi) is 4.42. The van der Waals surface area contributed by atoms with Crippen molar-refractivity contribution in [1.29, 1.82) is 0 Å². The molecule has 1 aromatic heterocycles. The Morgan fingerprint density at radius 3 is 2.88 bits per heavy atom. The van der Waals surface area contributed by atoms with E-state index in [2.05, 4.69) is 18.3 Å². The van der Waals surface area contributed by atoms with Gasteiger partial charge in [-0.1, -0.05) is 13.0 Å². The van der Waals surface area contributed by atoms with Gasteiger partial charge in [0.1, 0.15) is 13.2 Å². The number of carbonyl (C=O) groups excluding carboxylic acids is 1. The predicted molar refractivity (Wildman–Crippen MR) is 98.8 cm³/mol. The number of ether oxygens (including phenoxy) is 2. The van der Waals surface area contributed by atoms with E-state index in [4.69, 9.17) is 9.47 Å². The zero-order chi connectivity index (χ0) is 17.4. The third kappa shape index (κ3) is 3.38. The van der Waals surface area contributed by atoms with Gasteiger partial charge in [-0.2, -0.15) is 0 Å². The Hall–Kier alpha value is -2.01. The molecule has 2 atom stereocenters. The first-order valence-electron chi connectivity index (χ1n) is 8.92. The summed E-state index contributed by atoms with van der Waals surface area (Å²) in [4.78, 5) is 14.9. The van der Waals surface area contributed by atoms with E-state index in [0.717, 1.165) is 40.7 Å². The van der Waals surface area contributed by atoms with Gasteiger partial charge in [0.05, 0.1) is 10.9 Å². The highest BCUT2D eigenvalue weighted by Gasteiger charge is 2.22. The molecule has 2 aliphatic rings. The zero-order valence-electron chi connectivity index (χ0n) is 14.6. The first-order chi connectivity index (χ1) is 12.1. The maximum absolute atomic E-state index is 12.7. The highest BCUT2D eigenvalue weighted by Crippen LogP contribution is 2.34. The number of thiophene rings is 1. The first-order valence-corrected chi connectivity index (χ1v) is 9.74. The van der Waals surface area contributed by atoms with E-state index < -0.39 is 0 Å². The summed E-state index contributed by atoms with van der Waals surface area (Å²) in [6.45, 7) is 5.43. The molecule has 5 heteroatoms. The number of hydrogen-bond acceptors (Lipinski definition) is 4. The summed E-state index contributed by atoms with van der Waals surface area (Å²) >= 11 is 1.65. The number of nitrogens with one attached hydrogen (secondary N) is 1. The molecule has 1 amide bonds. The van der Waals surface area contributed by atoms with Crippen molar-refractivity contribution in [2.45, 2.75) is 39.2 Å². The standard InChI is InChI=1S/C20H23NO3S/c1-12-3-6-18-15(9-12)11-19(25-18)20(22)21-13(2)14-4-5-16-17(10-14)24-8-7-23-16/h4-5,10-13H,3,6-9H2,1-2H3,(H,21,22). The average molecular weight is 357 g/mol. The average Bonchev–Trinajstić information content (AvgIpc) is 3.04. The van der Waals surface area contributed by atoms with Gasteiger partial charge in [-0.15, -0.1) is 11.3 Å². The molecule has 4 rings (SSSR count). The third-order valence-corrected chi connectivity index (χ3v) is 6.20. The second kappa shape index (κ2) is 6.71. The van der Waals surface area contributed by atoms with Gasteiger partial charge in [0.2, 0.25) is 0 Å². The van der Waals surface area contributed by atoms with Gasteiger partial charge in [-0.05, 0) is 61.4 Å². The Labute approximate surface area is 152 Å². The Balaban J connectivity index is 1.47. The first kappa shape index (κ1) is 16.5. The fourth-order valence-electron chi connectivity index (χ4n) is 3.50. The molecule has 0 bridgehead atoms. The van der Waals surface area contributed by atoms with Gasteiger partial charge in [-0.25, -0.2) is 0 Å². The van der Waals surface area contributed by atoms with Crippen LogP contribution in [0.4, 0.5) is 0 Å². The molecular weight excluding hydrogens is 334 g/mol. The minimum atomic E-state index is -0.0821. The number of fused-ring (bicyclic) bond motifs is 2. The van der Waals surface area contributed by atoms with Crippen LogP contribution in [0.15, 0.2) is 24.3 Å². The minimum absolute atomic E-state index is 0.00874. The van der Waals surface area contributed by atoms with Crippen LogP contribution in [-0.4, -0.2) is 19.1 Å². The normalized spacial score (nSPS) is 19.8. The summed E-state index contributed by atoms with van der Waals surface area (Å²) in [7, 11) is 0. The number of amides is 1. The van der Waals surface area contributed by atoms with E-state index in [1.165, 1.54) is 16.9 Å². The van der Waals surface area contributed by atoms with Crippen molar-refractivity contribution >= 4 is 17.2 Å². The van der Waals surface area contributed by atoms with Crippen molar-refractivity contribution in [2.24, 2.45) is 5.92 Å². The second-order valence-corrected chi connectivity index (χ2v) is 8.14. The molecule has 2 aromatic rings. The van der Waals surface area contributed by atoms with Crippen LogP contribution in [0, 0.1) is 5.92 Å². The molecule has 25 heavy (non-hydrogen) atoms. The third-order valence-electron chi connectivity index (χ3n) is 4.97. The van der Waals surface area contributed by atoms with Crippen molar-refractivity contribution in [1.82, 2.24) is 5.32 Å². The lowest BCUT2D eigenvalue weighted by atomic mass is 9.90. The molecule has 1 N–H and O–H groups in total. The van der Waals surface area contributed by atoms with Crippen molar-refractivity contribution < 1.29 is 14.3 Å². The van der Waals surface area contributed by atoms with Crippen molar-refractivity contribution in [3.05, 3.63) is 45.1 Å². The fraction of sp³-hybridized carbons (Fsp3) is 0.450. The Bertz CT molecular complexity index is 798. The van der Waals surface area contributed by atoms with Crippen LogP contribution in [0.25, 0.3) is 0 Å². The predicted octanol–water partition coefficient (Wildman–Crippen LogP) is 4.14. The van der Waals surface area contributed by atoms with Gasteiger partial charge >= 0.3 is 0 Å². The highest BCUT2D eigenvalue weighted by molar-refractivity contribution is 7.14. The largest absolute Gasteiger partial charge is 0.486 e. The van der Waals surface area contributed by atoms with E-state index in [9.17, 15) is 4.79 Å². The summed E-state index contributed by atoms with van der Waals surface area (Å²) < 4.78 is 11.2. The van der Waals surface area contributed by atoms with E-state index in [1.807, 2.05) is 25.1 Å². The van der Waals surface area contributed by atoms with Gasteiger partial charge in [-0.3, -0.25) is 4.79 Å². The molecule has 0 fully saturated rings. The summed E-state index contributed by atoms with van der Waals surface area (Å²) in [5, 5.41) is 3.11. The maximum Gasteiger partial charge on any atom is 0.261 e. The maximum atomic E-state index is 12.7. The molecule has 0 spiro atoms. The van der Waals surface area contributed by atoms with Crippen molar-refractivity contribution in [2.75, 3.05) is 13.2 Å². The van der Waals surface area contributed by atoms with E-state index >= 15 is 0 Å². The lowest BCUT2D eigenvalue weighted by molar-refractivity contribution is 0.0943. The molecule has 132 valence electrons.